The number of aliphatic imine (C=N–C) groups is 1. The van der Waals surface area contributed by atoms with E-state index in [2.05, 4.69) is 40.7 Å². The van der Waals surface area contributed by atoms with Gasteiger partial charge in [0.05, 0.1) is 19.8 Å². The lowest BCUT2D eigenvalue weighted by atomic mass is 10.1. The van der Waals surface area contributed by atoms with Crippen molar-refractivity contribution in [1.82, 2.24) is 10.6 Å². The molecule has 1 heterocycles. The summed E-state index contributed by atoms with van der Waals surface area (Å²) >= 11 is 0. The fraction of sp³-hybridized carbons (Fsp3) is 0.435. The van der Waals surface area contributed by atoms with E-state index in [-0.39, 0.29) is 42.5 Å². The SMILES string of the molecule is CN=C(NCc1ccc(F)c(COC)c1)NCc1ccc(C)cc1OC1CCOC1.I. The van der Waals surface area contributed by atoms with Crippen LogP contribution in [0.5, 0.6) is 5.75 Å². The first kappa shape index (κ1) is 25.4. The fourth-order valence-electron chi connectivity index (χ4n) is 3.29. The number of nitrogens with one attached hydrogen (secondary N) is 2. The Morgan fingerprint density at radius 3 is 2.68 bits per heavy atom. The van der Waals surface area contributed by atoms with E-state index in [1.165, 1.54) is 6.07 Å². The largest absolute Gasteiger partial charge is 0.488 e. The molecule has 1 aliphatic heterocycles. The molecular weight excluding hydrogens is 512 g/mol. The zero-order chi connectivity index (χ0) is 21.3. The van der Waals surface area contributed by atoms with Crippen molar-refractivity contribution >= 4 is 29.9 Å². The van der Waals surface area contributed by atoms with Gasteiger partial charge in [0.2, 0.25) is 0 Å². The predicted molar refractivity (Wildman–Crippen MR) is 131 cm³/mol. The summed E-state index contributed by atoms with van der Waals surface area (Å²) in [5, 5.41) is 6.58. The molecule has 0 aliphatic carbocycles. The van der Waals surface area contributed by atoms with Gasteiger partial charge in [-0.1, -0.05) is 18.2 Å². The quantitative estimate of drug-likeness (QED) is 0.300. The van der Waals surface area contributed by atoms with Gasteiger partial charge in [-0.2, -0.15) is 0 Å². The maximum absolute atomic E-state index is 13.8. The summed E-state index contributed by atoms with van der Waals surface area (Å²) in [6.45, 7) is 4.77. The number of hydrogen-bond acceptors (Lipinski definition) is 4. The predicted octanol–water partition coefficient (Wildman–Crippen LogP) is 3.93. The van der Waals surface area contributed by atoms with Crippen molar-refractivity contribution in [2.75, 3.05) is 27.4 Å². The van der Waals surface area contributed by atoms with Gasteiger partial charge in [-0.05, 0) is 36.2 Å². The van der Waals surface area contributed by atoms with Gasteiger partial charge in [-0.3, -0.25) is 4.99 Å². The molecule has 0 amide bonds. The van der Waals surface area contributed by atoms with E-state index in [1.54, 1.807) is 26.3 Å². The van der Waals surface area contributed by atoms with Gasteiger partial charge < -0.3 is 24.8 Å². The van der Waals surface area contributed by atoms with Crippen molar-refractivity contribution in [3.8, 4) is 5.75 Å². The lowest BCUT2D eigenvalue weighted by Gasteiger charge is -2.18. The molecule has 0 bridgehead atoms. The topological polar surface area (TPSA) is 64.1 Å². The number of guanidine groups is 1. The Kier molecular flexibility index (Phi) is 10.5. The van der Waals surface area contributed by atoms with Crippen molar-refractivity contribution in [3.05, 3.63) is 64.5 Å². The highest BCUT2D eigenvalue weighted by Crippen LogP contribution is 2.23. The zero-order valence-corrected chi connectivity index (χ0v) is 20.6. The molecule has 2 aromatic carbocycles. The third-order valence-electron chi connectivity index (χ3n) is 4.94. The highest BCUT2D eigenvalue weighted by Gasteiger charge is 2.18. The third-order valence-corrected chi connectivity index (χ3v) is 4.94. The van der Waals surface area contributed by atoms with E-state index < -0.39 is 0 Å². The van der Waals surface area contributed by atoms with Crippen molar-refractivity contribution < 1.29 is 18.6 Å². The Morgan fingerprint density at radius 1 is 1.16 bits per heavy atom. The average molecular weight is 543 g/mol. The van der Waals surface area contributed by atoms with Gasteiger partial charge in [0, 0.05) is 44.8 Å². The first-order chi connectivity index (χ1) is 14.6. The number of methoxy groups -OCH3 is 1. The van der Waals surface area contributed by atoms with Crippen LogP contribution in [0.2, 0.25) is 0 Å². The summed E-state index contributed by atoms with van der Waals surface area (Å²) in [7, 11) is 3.28. The van der Waals surface area contributed by atoms with Crippen molar-refractivity contribution in [2.45, 2.75) is 39.1 Å². The van der Waals surface area contributed by atoms with Gasteiger partial charge in [0.25, 0.3) is 0 Å². The van der Waals surface area contributed by atoms with Gasteiger partial charge >= 0.3 is 0 Å². The molecule has 0 radical (unpaired) electrons. The van der Waals surface area contributed by atoms with E-state index in [1.807, 2.05) is 0 Å². The minimum Gasteiger partial charge on any atom is -0.488 e. The van der Waals surface area contributed by atoms with E-state index in [0.29, 0.717) is 31.2 Å². The molecule has 8 heteroatoms. The maximum Gasteiger partial charge on any atom is 0.191 e. The molecule has 0 aromatic heterocycles. The highest BCUT2D eigenvalue weighted by molar-refractivity contribution is 14.0. The van der Waals surface area contributed by atoms with Crippen LogP contribution in [0.25, 0.3) is 0 Å². The molecule has 2 aromatic rings. The van der Waals surface area contributed by atoms with E-state index in [9.17, 15) is 4.39 Å². The molecule has 6 nitrogen and oxygen atoms in total. The van der Waals surface area contributed by atoms with Gasteiger partial charge in [-0.15, -0.1) is 24.0 Å². The Bertz CT molecular complexity index is 873. The van der Waals surface area contributed by atoms with Crippen molar-refractivity contribution in [3.63, 3.8) is 0 Å². The van der Waals surface area contributed by atoms with Crippen LogP contribution in [0.15, 0.2) is 41.4 Å². The molecule has 170 valence electrons. The van der Waals surface area contributed by atoms with Crippen LogP contribution in [0.1, 0.15) is 28.7 Å². The van der Waals surface area contributed by atoms with E-state index >= 15 is 0 Å². The molecule has 1 aliphatic rings. The fourth-order valence-corrected chi connectivity index (χ4v) is 3.29. The van der Waals surface area contributed by atoms with Crippen LogP contribution in [-0.2, 0) is 29.2 Å². The monoisotopic (exact) mass is 543 g/mol. The minimum absolute atomic E-state index is 0. The first-order valence-corrected chi connectivity index (χ1v) is 10.1. The third kappa shape index (κ3) is 7.62. The van der Waals surface area contributed by atoms with Crippen LogP contribution in [0, 0.1) is 12.7 Å². The number of aryl methyl sites for hydroxylation is 1. The number of ether oxygens (including phenoxy) is 3. The summed E-state index contributed by atoms with van der Waals surface area (Å²) < 4.78 is 30.4. The molecule has 0 spiro atoms. The van der Waals surface area contributed by atoms with Crippen LogP contribution < -0.4 is 15.4 Å². The second kappa shape index (κ2) is 12.8. The number of nitrogens with zero attached hydrogens (tertiary/aromatic N) is 1. The molecule has 1 unspecified atom stereocenters. The van der Waals surface area contributed by atoms with Gasteiger partial charge in [0.15, 0.2) is 5.96 Å². The molecule has 31 heavy (non-hydrogen) atoms. The van der Waals surface area contributed by atoms with Gasteiger partial charge in [0.1, 0.15) is 17.7 Å². The summed E-state index contributed by atoms with van der Waals surface area (Å²) in [5.74, 6) is 1.27. The molecule has 1 saturated heterocycles. The first-order valence-electron chi connectivity index (χ1n) is 10.1. The molecule has 2 N–H and O–H groups in total. The van der Waals surface area contributed by atoms with Crippen LogP contribution in [0.3, 0.4) is 0 Å². The van der Waals surface area contributed by atoms with Crippen LogP contribution >= 0.6 is 24.0 Å². The Labute approximate surface area is 200 Å². The lowest BCUT2D eigenvalue weighted by molar-refractivity contribution is 0.140. The minimum atomic E-state index is -0.261. The molecular formula is C23H31FIN3O3. The van der Waals surface area contributed by atoms with E-state index in [0.717, 1.165) is 35.5 Å². The van der Waals surface area contributed by atoms with Crippen molar-refractivity contribution in [1.29, 1.82) is 0 Å². The second-order valence-electron chi connectivity index (χ2n) is 7.35. The van der Waals surface area contributed by atoms with Crippen molar-refractivity contribution in [2.24, 2.45) is 4.99 Å². The maximum atomic E-state index is 13.8. The number of rotatable bonds is 8. The molecule has 1 atom stereocenters. The number of halogens is 2. The molecule has 1 fully saturated rings. The summed E-state index contributed by atoms with van der Waals surface area (Å²) in [6.07, 6.45) is 1.01. The Morgan fingerprint density at radius 2 is 1.97 bits per heavy atom. The lowest BCUT2D eigenvalue weighted by Crippen LogP contribution is -2.36. The molecule has 0 saturated carbocycles. The smallest absolute Gasteiger partial charge is 0.191 e. The standard InChI is InChI=1S/C23H30FN3O3.HI/c1-16-4-6-18(22(10-16)30-20-8-9-29-15-20)13-27-23(25-2)26-12-17-5-7-21(24)19(11-17)14-28-3;/h4-7,10-11,20H,8-9,12-15H2,1-3H3,(H2,25,26,27);1H. The summed E-state index contributed by atoms with van der Waals surface area (Å²) in [6, 6.07) is 11.2. The second-order valence-corrected chi connectivity index (χ2v) is 7.35. The van der Waals surface area contributed by atoms with E-state index in [4.69, 9.17) is 14.2 Å². The molecule has 3 rings (SSSR count). The normalized spacial score (nSPS) is 16.0. The van der Waals surface area contributed by atoms with Crippen LogP contribution in [0.4, 0.5) is 4.39 Å². The summed E-state index contributed by atoms with van der Waals surface area (Å²) in [4.78, 5) is 4.28. The number of hydrogen-bond donors (Lipinski definition) is 2. The highest BCUT2D eigenvalue weighted by atomic mass is 127. The Balaban J connectivity index is 0.00000341. The number of benzene rings is 2. The zero-order valence-electron chi connectivity index (χ0n) is 18.2. The summed E-state index contributed by atoms with van der Waals surface area (Å²) in [5.41, 5.74) is 3.70. The van der Waals surface area contributed by atoms with Gasteiger partial charge in [-0.25, -0.2) is 4.39 Å². The Hall–Kier alpha value is -1.91. The van der Waals surface area contributed by atoms with Crippen LogP contribution in [-0.4, -0.2) is 39.4 Å². The average Bonchev–Trinajstić information content (AvgIpc) is 3.25.